The molecule has 2 fully saturated rings. The van der Waals surface area contributed by atoms with Gasteiger partial charge in [-0.25, -0.2) is 4.68 Å². The Hall–Kier alpha value is -3.24. The van der Waals surface area contributed by atoms with E-state index in [0.717, 1.165) is 55.1 Å². The molecule has 1 aromatic heterocycles. The molecule has 0 bridgehead atoms. The third kappa shape index (κ3) is 6.48. The summed E-state index contributed by atoms with van der Waals surface area (Å²) in [6.45, 7) is 13.3. The number of piperazine rings is 1. The molecule has 1 atom stereocenters. The fraction of sp³-hybridized carbons (Fsp3) is 0.613. The number of hydrogen-bond donors (Lipinski definition) is 3. The Morgan fingerprint density at radius 2 is 1.85 bits per heavy atom. The van der Waals surface area contributed by atoms with E-state index >= 15 is 0 Å². The van der Waals surface area contributed by atoms with Crippen LogP contribution < -0.4 is 10.6 Å². The van der Waals surface area contributed by atoms with Crippen molar-refractivity contribution in [2.45, 2.75) is 84.8 Å². The van der Waals surface area contributed by atoms with Gasteiger partial charge >= 0.3 is 0 Å². The second kappa shape index (κ2) is 13.2. The second-order valence-corrected chi connectivity index (χ2v) is 11.9. The standard InChI is InChI=1S/C31H46N6O4/c1-6-7-15-36-29(40)27(19-21(2)3)33-30(41)31(36)12-16-35(17-13-31)20-26-22(4)34-37(23(26)5)25-10-8-24(9-11-25)28(39)32-14-18-38/h8-11,21,27,38H,6-7,12-20H2,1-5H3,(H,32,39)(H,33,41). The number of hydrogen-bond acceptors (Lipinski definition) is 6. The molecule has 2 aliphatic rings. The van der Waals surface area contributed by atoms with E-state index in [2.05, 4.69) is 43.2 Å². The van der Waals surface area contributed by atoms with E-state index in [0.29, 0.717) is 37.3 Å². The van der Waals surface area contributed by atoms with Crippen LogP contribution in [-0.4, -0.2) is 86.8 Å². The maximum atomic E-state index is 13.6. The smallest absolute Gasteiger partial charge is 0.251 e. The lowest BCUT2D eigenvalue weighted by Crippen LogP contribution is -2.73. The van der Waals surface area contributed by atoms with Crippen molar-refractivity contribution >= 4 is 17.7 Å². The second-order valence-electron chi connectivity index (χ2n) is 11.9. The summed E-state index contributed by atoms with van der Waals surface area (Å²) in [6, 6.07) is 6.84. The number of piperidine rings is 1. The van der Waals surface area contributed by atoms with Gasteiger partial charge in [0.1, 0.15) is 11.6 Å². The molecule has 224 valence electrons. The number of nitrogens with one attached hydrogen (secondary N) is 2. The van der Waals surface area contributed by atoms with Crippen molar-refractivity contribution in [2.24, 2.45) is 5.92 Å². The van der Waals surface area contributed by atoms with Gasteiger partial charge in [-0.2, -0.15) is 5.10 Å². The number of aliphatic hydroxyl groups is 1. The number of aryl methyl sites for hydroxylation is 1. The van der Waals surface area contributed by atoms with Crippen LogP contribution in [-0.2, 0) is 16.1 Å². The molecule has 2 saturated heterocycles. The largest absolute Gasteiger partial charge is 0.395 e. The van der Waals surface area contributed by atoms with Crippen LogP contribution in [0.15, 0.2) is 24.3 Å². The van der Waals surface area contributed by atoms with E-state index in [-0.39, 0.29) is 30.9 Å². The fourth-order valence-corrected chi connectivity index (χ4v) is 6.13. The maximum Gasteiger partial charge on any atom is 0.251 e. The van der Waals surface area contributed by atoms with Gasteiger partial charge < -0.3 is 20.6 Å². The van der Waals surface area contributed by atoms with Gasteiger partial charge in [0.2, 0.25) is 11.8 Å². The SMILES string of the molecule is CCCCN1C(=O)C(CC(C)C)NC(=O)C12CCN(Cc1c(C)nn(-c3ccc(C(=O)NCCO)cc3)c1C)CC2. The number of carbonyl (C=O) groups excluding carboxylic acids is 3. The zero-order valence-corrected chi connectivity index (χ0v) is 25.2. The molecule has 0 aliphatic carbocycles. The van der Waals surface area contributed by atoms with Crippen LogP contribution >= 0.6 is 0 Å². The highest BCUT2D eigenvalue weighted by molar-refractivity contribution is 6.00. The lowest BCUT2D eigenvalue weighted by atomic mass is 9.80. The number of aromatic nitrogens is 2. The van der Waals surface area contributed by atoms with Crippen molar-refractivity contribution in [3.05, 3.63) is 46.8 Å². The number of likely N-dealkylation sites (tertiary alicyclic amines) is 1. The monoisotopic (exact) mass is 566 g/mol. The van der Waals surface area contributed by atoms with E-state index in [1.807, 2.05) is 28.6 Å². The quantitative estimate of drug-likeness (QED) is 0.385. The van der Waals surface area contributed by atoms with Crippen LogP contribution in [0.5, 0.6) is 0 Å². The highest BCUT2D eigenvalue weighted by atomic mass is 16.3. The van der Waals surface area contributed by atoms with Crippen molar-refractivity contribution < 1.29 is 19.5 Å². The number of carbonyl (C=O) groups is 3. The third-order valence-corrected chi connectivity index (χ3v) is 8.53. The van der Waals surface area contributed by atoms with Gasteiger partial charge in [-0.3, -0.25) is 19.3 Å². The number of nitrogens with zero attached hydrogens (tertiary/aromatic N) is 4. The average molecular weight is 567 g/mol. The number of benzene rings is 1. The summed E-state index contributed by atoms with van der Waals surface area (Å²) in [5.41, 5.74) is 3.75. The van der Waals surface area contributed by atoms with Crippen LogP contribution in [0.3, 0.4) is 0 Å². The molecule has 10 heteroatoms. The summed E-state index contributed by atoms with van der Waals surface area (Å²) in [5.74, 6) is 0.187. The van der Waals surface area contributed by atoms with Gasteiger partial charge in [0.25, 0.3) is 5.91 Å². The molecular weight excluding hydrogens is 520 g/mol. The molecule has 10 nitrogen and oxygen atoms in total. The van der Waals surface area contributed by atoms with E-state index in [9.17, 15) is 14.4 Å². The Morgan fingerprint density at radius 1 is 1.17 bits per heavy atom. The van der Waals surface area contributed by atoms with Gasteiger partial charge in [0.15, 0.2) is 0 Å². The van der Waals surface area contributed by atoms with Crippen molar-refractivity contribution in [3.63, 3.8) is 0 Å². The topological polar surface area (TPSA) is 120 Å². The molecule has 0 radical (unpaired) electrons. The number of aliphatic hydroxyl groups excluding tert-OH is 1. The van der Waals surface area contributed by atoms with Crippen LogP contribution in [0.25, 0.3) is 5.69 Å². The summed E-state index contributed by atoms with van der Waals surface area (Å²) in [4.78, 5) is 43.6. The zero-order valence-electron chi connectivity index (χ0n) is 25.2. The van der Waals surface area contributed by atoms with Gasteiger partial charge in [0.05, 0.1) is 18.0 Å². The summed E-state index contributed by atoms with van der Waals surface area (Å²) in [5, 5.41) is 19.5. The molecule has 41 heavy (non-hydrogen) atoms. The minimum Gasteiger partial charge on any atom is -0.395 e. The Labute approximate surface area is 243 Å². The molecular formula is C31H46N6O4. The Morgan fingerprint density at radius 3 is 2.46 bits per heavy atom. The molecule has 3 heterocycles. The van der Waals surface area contributed by atoms with Crippen molar-refractivity contribution in [1.29, 1.82) is 0 Å². The number of unbranched alkanes of at least 4 members (excludes halogenated alkanes) is 1. The van der Waals surface area contributed by atoms with E-state index in [4.69, 9.17) is 10.2 Å². The van der Waals surface area contributed by atoms with E-state index < -0.39 is 11.6 Å². The predicted molar refractivity (Wildman–Crippen MR) is 158 cm³/mol. The summed E-state index contributed by atoms with van der Waals surface area (Å²) >= 11 is 0. The third-order valence-electron chi connectivity index (χ3n) is 8.53. The molecule has 1 aromatic carbocycles. The normalized spacial score (nSPS) is 19.2. The Bertz CT molecular complexity index is 1230. The van der Waals surface area contributed by atoms with Crippen LogP contribution in [0.2, 0.25) is 0 Å². The first-order valence-corrected chi connectivity index (χ1v) is 15.0. The molecule has 0 saturated carbocycles. The summed E-state index contributed by atoms with van der Waals surface area (Å²) in [6.07, 6.45) is 3.77. The van der Waals surface area contributed by atoms with Gasteiger partial charge in [-0.15, -0.1) is 0 Å². The first kappa shape index (κ1) is 30.7. The molecule has 2 aromatic rings. The lowest BCUT2D eigenvalue weighted by molar-refractivity contribution is -0.161. The van der Waals surface area contributed by atoms with Gasteiger partial charge in [-0.1, -0.05) is 27.2 Å². The van der Waals surface area contributed by atoms with Crippen LogP contribution in [0.4, 0.5) is 0 Å². The van der Waals surface area contributed by atoms with Crippen LogP contribution in [0.1, 0.15) is 80.2 Å². The van der Waals surface area contributed by atoms with Crippen LogP contribution in [0, 0.1) is 19.8 Å². The molecule has 1 unspecified atom stereocenters. The lowest BCUT2D eigenvalue weighted by Gasteiger charge is -2.52. The molecule has 2 aliphatic heterocycles. The highest BCUT2D eigenvalue weighted by Gasteiger charge is 2.53. The van der Waals surface area contributed by atoms with Crippen molar-refractivity contribution in [2.75, 3.05) is 32.8 Å². The van der Waals surface area contributed by atoms with E-state index in [1.165, 1.54) is 0 Å². The Kier molecular flexibility index (Phi) is 9.86. The Balaban J connectivity index is 1.46. The number of rotatable bonds is 11. The first-order valence-electron chi connectivity index (χ1n) is 15.0. The van der Waals surface area contributed by atoms with Gasteiger partial charge in [-0.05, 0) is 69.7 Å². The fourth-order valence-electron chi connectivity index (χ4n) is 6.13. The first-order chi connectivity index (χ1) is 19.6. The molecule has 1 spiro atoms. The highest BCUT2D eigenvalue weighted by Crippen LogP contribution is 2.35. The summed E-state index contributed by atoms with van der Waals surface area (Å²) < 4.78 is 1.90. The van der Waals surface area contributed by atoms with Gasteiger partial charge in [0, 0.05) is 49.5 Å². The summed E-state index contributed by atoms with van der Waals surface area (Å²) in [7, 11) is 0. The van der Waals surface area contributed by atoms with Crippen molar-refractivity contribution in [3.8, 4) is 5.69 Å². The zero-order chi connectivity index (χ0) is 29.7. The molecule has 3 amide bonds. The minimum absolute atomic E-state index is 0.00664. The predicted octanol–water partition coefficient (Wildman–Crippen LogP) is 2.72. The van der Waals surface area contributed by atoms with Crippen molar-refractivity contribution in [1.82, 2.24) is 30.2 Å². The molecule has 3 N–H and O–H groups in total. The molecule has 4 rings (SSSR count). The number of amides is 3. The minimum atomic E-state index is -0.768. The van der Waals surface area contributed by atoms with E-state index in [1.54, 1.807) is 12.1 Å². The average Bonchev–Trinajstić information content (AvgIpc) is 3.23. The maximum absolute atomic E-state index is 13.6.